The summed E-state index contributed by atoms with van der Waals surface area (Å²) in [7, 11) is 0. The fraction of sp³-hybridized carbons (Fsp3) is 0.611. The highest BCUT2D eigenvalue weighted by atomic mass is 32.2. The minimum atomic E-state index is 0.0373. The molecular formula is C18H25N3OS. The maximum Gasteiger partial charge on any atom is 0.230 e. The molecule has 124 valence electrons. The number of carbonyl (C=O) groups is 1. The molecule has 23 heavy (non-hydrogen) atoms. The monoisotopic (exact) mass is 331 g/mol. The van der Waals surface area contributed by atoms with Crippen molar-refractivity contribution in [2.24, 2.45) is 5.92 Å². The van der Waals surface area contributed by atoms with Crippen LogP contribution in [0.1, 0.15) is 55.0 Å². The maximum absolute atomic E-state index is 12.2. The molecule has 2 atom stereocenters. The van der Waals surface area contributed by atoms with Crippen LogP contribution in [0.2, 0.25) is 0 Å². The number of thioether (sulfide) groups is 1. The summed E-state index contributed by atoms with van der Waals surface area (Å²) in [6.07, 6.45) is 4.72. The Morgan fingerprint density at radius 3 is 2.65 bits per heavy atom. The van der Waals surface area contributed by atoms with E-state index in [0.29, 0.717) is 28.3 Å². The van der Waals surface area contributed by atoms with Gasteiger partial charge in [0.15, 0.2) is 0 Å². The largest absolute Gasteiger partial charge is 0.352 e. The third kappa shape index (κ3) is 4.26. The molecule has 2 rings (SSSR count). The van der Waals surface area contributed by atoms with Crippen molar-refractivity contribution in [2.45, 2.75) is 64.4 Å². The number of nitrogens with one attached hydrogen (secondary N) is 1. The van der Waals surface area contributed by atoms with Crippen LogP contribution in [0.25, 0.3) is 0 Å². The van der Waals surface area contributed by atoms with Gasteiger partial charge < -0.3 is 5.32 Å². The highest BCUT2D eigenvalue weighted by molar-refractivity contribution is 8.00. The van der Waals surface area contributed by atoms with E-state index in [-0.39, 0.29) is 5.91 Å². The summed E-state index contributed by atoms with van der Waals surface area (Å²) in [6, 6.07) is 2.52. The SMILES string of the molecule is Cc1nc(SCC(=O)N[C@@H]2CCCC[C@H]2C)c(C#N)c(C)c1C. The predicted molar refractivity (Wildman–Crippen MR) is 93.4 cm³/mol. The number of nitrogens with zero attached hydrogens (tertiary/aromatic N) is 2. The number of aromatic nitrogens is 1. The molecule has 1 aliphatic carbocycles. The lowest BCUT2D eigenvalue weighted by molar-refractivity contribution is -0.119. The van der Waals surface area contributed by atoms with E-state index in [2.05, 4.69) is 23.3 Å². The van der Waals surface area contributed by atoms with E-state index < -0.39 is 0 Å². The Morgan fingerprint density at radius 1 is 1.30 bits per heavy atom. The minimum Gasteiger partial charge on any atom is -0.352 e. The van der Waals surface area contributed by atoms with Crippen LogP contribution in [0.15, 0.2) is 5.03 Å². The summed E-state index contributed by atoms with van der Waals surface area (Å²) < 4.78 is 0. The van der Waals surface area contributed by atoms with Gasteiger partial charge in [-0.15, -0.1) is 0 Å². The van der Waals surface area contributed by atoms with E-state index in [1.165, 1.54) is 31.0 Å². The topological polar surface area (TPSA) is 65.8 Å². The van der Waals surface area contributed by atoms with Crippen LogP contribution in [0.5, 0.6) is 0 Å². The number of aryl methyl sites for hydroxylation is 1. The smallest absolute Gasteiger partial charge is 0.230 e. The Morgan fingerprint density at radius 2 is 2.00 bits per heavy atom. The van der Waals surface area contributed by atoms with Crippen molar-refractivity contribution in [1.82, 2.24) is 10.3 Å². The molecule has 1 N–H and O–H groups in total. The maximum atomic E-state index is 12.2. The van der Waals surface area contributed by atoms with E-state index in [4.69, 9.17) is 0 Å². The number of hydrogen-bond acceptors (Lipinski definition) is 4. The average molecular weight is 331 g/mol. The molecule has 4 nitrogen and oxygen atoms in total. The van der Waals surface area contributed by atoms with Crippen molar-refractivity contribution >= 4 is 17.7 Å². The standard InChI is InChI=1S/C18H25N3OS/c1-11-7-5-6-8-16(11)21-17(22)10-23-18-15(9-19)13(3)12(2)14(4)20-18/h11,16H,5-8,10H2,1-4H3,(H,21,22)/t11-,16-/m1/s1. The zero-order valence-corrected chi connectivity index (χ0v) is 15.2. The summed E-state index contributed by atoms with van der Waals surface area (Å²) in [4.78, 5) is 16.7. The van der Waals surface area contributed by atoms with Crippen molar-refractivity contribution in [1.29, 1.82) is 5.26 Å². The van der Waals surface area contributed by atoms with Crippen LogP contribution in [-0.2, 0) is 4.79 Å². The second kappa shape index (κ2) is 7.83. The quantitative estimate of drug-likeness (QED) is 0.855. The van der Waals surface area contributed by atoms with Crippen molar-refractivity contribution in [3.63, 3.8) is 0 Å². The molecule has 0 aliphatic heterocycles. The van der Waals surface area contributed by atoms with Crippen molar-refractivity contribution < 1.29 is 4.79 Å². The lowest BCUT2D eigenvalue weighted by Crippen LogP contribution is -2.41. The highest BCUT2D eigenvalue weighted by Crippen LogP contribution is 2.27. The molecule has 1 heterocycles. The van der Waals surface area contributed by atoms with Gasteiger partial charge in [0.25, 0.3) is 0 Å². The summed E-state index contributed by atoms with van der Waals surface area (Å²) in [5, 5.41) is 13.2. The Kier molecular flexibility index (Phi) is 6.06. The van der Waals surface area contributed by atoms with Gasteiger partial charge in [0, 0.05) is 11.7 Å². The van der Waals surface area contributed by atoms with Gasteiger partial charge in [0.2, 0.25) is 5.91 Å². The zero-order chi connectivity index (χ0) is 17.0. The molecule has 5 heteroatoms. The first kappa shape index (κ1) is 17.8. The fourth-order valence-corrected chi connectivity index (χ4v) is 3.96. The molecule has 0 aromatic carbocycles. The van der Waals surface area contributed by atoms with Gasteiger partial charge in [0.05, 0.1) is 11.3 Å². The summed E-state index contributed by atoms with van der Waals surface area (Å²) in [5.41, 5.74) is 3.53. The molecule has 1 aromatic heterocycles. The van der Waals surface area contributed by atoms with E-state index in [0.717, 1.165) is 23.2 Å². The van der Waals surface area contributed by atoms with Gasteiger partial charge in [-0.25, -0.2) is 4.98 Å². The Labute approximate surface area is 143 Å². The molecule has 1 fully saturated rings. The number of carbonyl (C=O) groups excluding carboxylic acids is 1. The predicted octanol–water partition coefficient (Wildman–Crippen LogP) is 3.67. The van der Waals surface area contributed by atoms with Gasteiger partial charge in [-0.1, -0.05) is 31.5 Å². The third-order valence-electron chi connectivity index (χ3n) is 4.87. The third-order valence-corrected chi connectivity index (χ3v) is 5.85. The van der Waals surface area contributed by atoms with Crippen LogP contribution in [0.3, 0.4) is 0 Å². The Bertz CT molecular complexity index is 636. The average Bonchev–Trinajstić information content (AvgIpc) is 2.53. The minimum absolute atomic E-state index is 0.0373. The lowest BCUT2D eigenvalue weighted by atomic mass is 9.86. The van der Waals surface area contributed by atoms with Gasteiger partial charge in [-0.2, -0.15) is 5.26 Å². The molecule has 0 unspecified atom stereocenters. The molecule has 1 aromatic rings. The van der Waals surface area contributed by atoms with Crippen LogP contribution in [-0.4, -0.2) is 22.7 Å². The normalized spacial score (nSPS) is 20.8. The zero-order valence-electron chi connectivity index (χ0n) is 14.4. The number of hydrogen-bond donors (Lipinski definition) is 1. The van der Waals surface area contributed by atoms with Gasteiger partial charge in [0.1, 0.15) is 11.1 Å². The number of pyridine rings is 1. The summed E-state index contributed by atoms with van der Waals surface area (Å²) in [5.74, 6) is 0.900. The van der Waals surface area contributed by atoms with Crippen LogP contribution >= 0.6 is 11.8 Å². The molecule has 0 radical (unpaired) electrons. The van der Waals surface area contributed by atoms with E-state index in [1.54, 1.807) is 0 Å². The summed E-state index contributed by atoms with van der Waals surface area (Å²) in [6.45, 7) is 8.07. The second-order valence-electron chi connectivity index (χ2n) is 6.46. The first-order valence-electron chi connectivity index (χ1n) is 8.24. The Hall–Kier alpha value is -1.54. The van der Waals surface area contributed by atoms with E-state index in [9.17, 15) is 10.1 Å². The Balaban J connectivity index is 2.00. The van der Waals surface area contributed by atoms with Gasteiger partial charge in [-0.3, -0.25) is 4.79 Å². The molecule has 1 aliphatic rings. The number of nitriles is 1. The van der Waals surface area contributed by atoms with Crippen LogP contribution < -0.4 is 5.32 Å². The first-order chi connectivity index (χ1) is 10.9. The molecular weight excluding hydrogens is 306 g/mol. The number of rotatable bonds is 4. The summed E-state index contributed by atoms with van der Waals surface area (Å²) >= 11 is 1.36. The molecule has 0 saturated heterocycles. The van der Waals surface area contributed by atoms with E-state index >= 15 is 0 Å². The highest BCUT2D eigenvalue weighted by Gasteiger charge is 2.23. The van der Waals surface area contributed by atoms with Crippen molar-refractivity contribution in [3.8, 4) is 6.07 Å². The number of amides is 1. The van der Waals surface area contributed by atoms with E-state index in [1.807, 2.05) is 20.8 Å². The van der Waals surface area contributed by atoms with Crippen LogP contribution in [0, 0.1) is 38.0 Å². The molecule has 0 bridgehead atoms. The first-order valence-corrected chi connectivity index (χ1v) is 9.22. The fourth-order valence-electron chi connectivity index (χ4n) is 3.06. The van der Waals surface area contributed by atoms with Crippen molar-refractivity contribution in [2.75, 3.05) is 5.75 Å². The van der Waals surface area contributed by atoms with Crippen LogP contribution in [0.4, 0.5) is 0 Å². The van der Waals surface area contributed by atoms with Crippen molar-refractivity contribution in [3.05, 3.63) is 22.4 Å². The lowest BCUT2D eigenvalue weighted by Gasteiger charge is -2.29. The van der Waals surface area contributed by atoms with Gasteiger partial charge in [-0.05, 0) is 50.7 Å². The second-order valence-corrected chi connectivity index (χ2v) is 7.43. The molecule has 0 spiro atoms. The van der Waals surface area contributed by atoms with Gasteiger partial charge >= 0.3 is 0 Å². The molecule has 1 amide bonds. The molecule has 1 saturated carbocycles.